The van der Waals surface area contributed by atoms with E-state index in [2.05, 4.69) is 20.5 Å². The fourth-order valence-corrected chi connectivity index (χ4v) is 2.17. The third-order valence-corrected chi connectivity index (χ3v) is 3.29. The molecule has 9 heteroatoms. The zero-order valence-electron chi connectivity index (χ0n) is 12.7. The fraction of sp³-hybridized carbons (Fsp3) is 0.200. The number of hydrogen-bond donors (Lipinski definition) is 1. The normalized spacial score (nSPS) is 11.0. The van der Waals surface area contributed by atoms with Crippen LogP contribution in [0.15, 0.2) is 43.1 Å². The molecule has 1 amide bonds. The van der Waals surface area contributed by atoms with Crippen molar-refractivity contribution >= 4 is 11.7 Å². The van der Waals surface area contributed by atoms with E-state index in [4.69, 9.17) is 0 Å². The van der Waals surface area contributed by atoms with Crippen LogP contribution in [-0.2, 0) is 18.3 Å². The third-order valence-electron chi connectivity index (χ3n) is 3.29. The van der Waals surface area contributed by atoms with Gasteiger partial charge in [0.25, 0.3) is 0 Å². The van der Waals surface area contributed by atoms with Gasteiger partial charge in [0.1, 0.15) is 5.82 Å². The number of anilines is 1. The number of nitrogens with zero attached hydrogens (tertiary/aromatic N) is 5. The number of carbonyl (C=O) groups excluding carboxylic acids is 1. The summed E-state index contributed by atoms with van der Waals surface area (Å²) < 4.78 is 27.2. The molecular weight excluding hydrogens is 318 g/mol. The van der Waals surface area contributed by atoms with E-state index in [0.29, 0.717) is 21.6 Å². The van der Waals surface area contributed by atoms with Gasteiger partial charge >= 0.3 is 6.55 Å². The van der Waals surface area contributed by atoms with E-state index in [1.54, 1.807) is 36.3 Å². The highest BCUT2D eigenvalue weighted by molar-refractivity contribution is 5.91. The summed E-state index contributed by atoms with van der Waals surface area (Å²) in [6.45, 7) is -2.68. The molecule has 0 saturated carbocycles. The topological polar surface area (TPSA) is 77.6 Å². The van der Waals surface area contributed by atoms with Gasteiger partial charge in [0, 0.05) is 36.8 Å². The number of carbonyl (C=O) groups is 1. The largest absolute Gasteiger partial charge is 0.333 e. The second kappa shape index (κ2) is 6.57. The molecule has 3 rings (SSSR count). The summed E-state index contributed by atoms with van der Waals surface area (Å²) in [4.78, 5) is 16.1. The second-order valence-electron chi connectivity index (χ2n) is 5.17. The molecule has 0 fully saturated rings. The first kappa shape index (κ1) is 15.8. The maximum Gasteiger partial charge on any atom is 0.333 e. The molecule has 0 bridgehead atoms. The van der Waals surface area contributed by atoms with E-state index in [1.165, 1.54) is 18.6 Å². The number of pyridine rings is 1. The molecule has 0 atom stereocenters. The summed E-state index contributed by atoms with van der Waals surface area (Å²) in [5, 5.41) is 10.2. The van der Waals surface area contributed by atoms with Crippen LogP contribution in [-0.4, -0.2) is 30.5 Å². The van der Waals surface area contributed by atoms with E-state index in [1.807, 2.05) is 0 Å². The summed E-state index contributed by atoms with van der Waals surface area (Å²) in [5.74, 6) is 0.169. The molecular formula is C15H14F2N6O. The Balaban J connectivity index is 1.64. The lowest BCUT2D eigenvalue weighted by Crippen LogP contribution is -2.14. The highest BCUT2D eigenvalue weighted by Crippen LogP contribution is 2.21. The molecule has 0 saturated heterocycles. The lowest BCUT2D eigenvalue weighted by Gasteiger charge is -2.04. The van der Waals surface area contributed by atoms with E-state index in [9.17, 15) is 13.6 Å². The number of halogens is 2. The number of nitrogens with one attached hydrogen (secondary N) is 1. The summed E-state index contributed by atoms with van der Waals surface area (Å²) in [5.41, 5.74) is 1.95. The first-order chi connectivity index (χ1) is 11.5. The summed E-state index contributed by atoms with van der Waals surface area (Å²) in [6.07, 6.45) is 7.64. The molecule has 24 heavy (non-hydrogen) atoms. The molecule has 0 radical (unpaired) electrons. The van der Waals surface area contributed by atoms with Crippen molar-refractivity contribution in [3.63, 3.8) is 0 Å². The van der Waals surface area contributed by atoms with Gasteiger partial charge in [-0.15, -0.1) is 0 Å². The summed E-state index contributed by atoms with van der Waals surface area (Å²) >= 11 is 0. The number of amides is 1. The van der Waals surface area contributed by atoms with Crippen LogP contribution >= 0.6 is 0 Å². The van der Waals surface area contributed by atoms with Gasteiger partial charge in [0.05, 0.1) is 18.8 Å². The number of hydrogen-bond acceptors (Lipinski definition) is 4. The van der Waals surface area contributed by atoms with Gasteiger partial charge < -0.3 is 5.32 Å². The molecule has 0 aliphatic heterocycles. The molecule has 0 aliphatic rings. The third kappa shape index (κ3) is 3.62. The van der Waals surface area contributed by atoms with Gasteiger partial charge in [-0.05, 0) is 17.7 Å². The molecule has 0 spiro atoms. The smallest absolute Gasteiger partial charge is 0.310 e. The van der Waals surface area contributed by atoms with E-state index in [0.717, 1.165) is 5.56 Å². The lowest BCUT2D eigenvalue weighted by atomic mass is 10.2. The zero-order valence-corrected chi connectivity index (χ0v) is 12.7. The molecule has 124 valence electrons. The minimum absolute atomic E-state index is 0.193. The van der Waals surface area contributed by atoms with Gasteiger partial charge in [0.2, 0.25) is 5.91 Å². The van der Waals surface area contributed by atoms with Crippen molar-refractivity contribution in [1.82, 2.24) is 24.5 Å². The van der Waals surface area contributed by atoms with Crippen LogP contribution in [0.25, 0.3) is 11.1 Å². The Morgan fingerprint density at radius 3 is 2.58 bits per heavy atom. The fourth-order valence-electron chi connectivity index (χ4n) is 2.17. The lowest BCUT2D eigenvalue weighted by molar-refractivity contribution is -0.115. The number of aromatic nitrogens is 5. The Morgan fingerprint density at radius 1 is 1.17 bits per heavy atom. The molecule has 0 aliphatic carbocycles. The molecule has 3 aromatic rings. The predicted molar refractivity (Wildman–Crippen MR) is 82.3 cm³/mol. The Morgan fingerprint density at radius 2 is 2.00 bits per heavy atom. The predicted octanol–water partition coefficient (Wildman–Crippen LogP) is 2.25. The highest BCUT2D eigenvalue weighted by atomic mass is 19.3. The average molecular weight is 332 g/mol. The van der Waals surface area contributed by atoms with Gasteiger partial charge in [-0.25, -0.2) is 9.67 Å². The first-order valence-corrected chi connectivity index (χ1v) is 7.07. The van der Waals surface area contributed by atoms with Crippen molar-refractivity contribution in [2.75, 3.05) is 5.32 Å². The van der Waals surface area contributed by atoms with Crippen LogP contribution in [0.4, 0.5) is 14.6 Å². The Hall–Kier alpha value is -3.10. The van der Waals surface area contributed by atoms with Crippen LogP contribution in [0.1, 0.15) is 12.1 Å². The molecule has 0 aromatic carbocycles. The Bertz CT molecular complexity index is 840. The van der Waals surface area contributed by atoms with Crippen molar-refractivity contribution in [3.05, 3.63) is 48.7 Å². The van der Waals surface area contributed by atoms with Crippen LogP contribution in [0.3, 0.4) is 0 Å². The Kier molecular flexibility index (Phi) is 4.32. The van der Waals surface area contributed by atoms with Crippen LogP contribution < -0.4 is 5.32 Å². The van der Waals surface area contributed by atoms with Crippen molar-refractivity contribution in [2.24, 2.45) is 7.05 Å². The zero-order chi connectivity index (χ0) is 17.1. The maximum atomic E-state index is 12.5. The minimum Gasteiger partial charge on any atom is -0.310 e. The van der Waals surface area contributed by atoms with Crippen LogP contribution in [0.5, 0.6) is 0 Å². The van der Waals surface area contributed by atoms with Gasteiger partial charge in [-0.1, -0.05) is 0 Å². The number of alkyl halides is 2. The number of rotatable bonds is 5. The van der Waals surface area contributed by atoms with Crippen molar-refractivity contribution in [1.29, 1.82) is 0 Å². The summed E-state index contributed by atoms with van der Waals surface area (Å²) in [6, 6.07) is 3.29. The molecule has 0 unspecified atom stereocenters. The Labute approximate surface area is 135 Å². The van der Waals surface area contributed by atoms with Crippen LogP contribution in [0, 0.1) is 0 Å². The second-order valence-corrected chi connectivity index (χ2v) is 5.17. The minimum atomic E-state index is -2.68. The maximum absolute atomic E-state index is 12.5. The highest BCUT2D eigenvalue weighted by Gasteiger charge is 2.10. The summed E-state index contributed by atoms with van der Waals surface area (Å²) in [7, 11) is 1.78. The van der Waals surface area contributed by atoms with Crippen molar-refractivity contribution < 1.29 is 13.6 Å². The quantitative estimate of drug-likeness (QED) is 0.777. The molecule has 7 nitrogen and oxygen atoms in total. The van der Waals surface area contributed by atoms with Gasteiger partial charge in [-0.2, -0.15) is 19.0 Å². The standard InChI is InChI=1S/C15H14F2N6O/c1-22-8-10(5-19-22)4-14(24)21-13-3-2-11(6-18-13)12-7-20-23(9-12)15(16)17/h2-3,5-9,15H,4H2,1H3,(H,18,21,24). The number of aryl methyl sites for hydroxylation is 1. The monoisotopic (exact) mass is 332 g/mol. The van der Waals surface area contributed by atoms with Crippen molar-refractivity contribution in [3.8, 4) is 11.1 Å². The van der Waals surface area contributed by atoms with Gasteiger partial charge in [0.15, 0.2) is 0 Å². The van der Waals surface area contributed by atoms with Crippen molar-refractivity contribution in [2.45, 2.75) is 13.0 Å². The average Bonchev–Trinajstić information content (AvgIpc) is 3.17. The van der Waals surface area contributed by atoms with Gasteiger partial charge in [-0.3, -0.25) is 9.48 Å². The first-order valence-electron chi connectivity index (χ1n) is 7.07. The van der Waals surface area contributed by atoms with E-state index >= 15 is 0 Å². The molecule has 3 heterocycles. The molecule has 3 aromatic heterocycles. The SMILES string of the molecule is Cn1cc(CC(=O)Nc2ccc(-c3cnn(C(F)F)c3)cn2)cn1. The molecule has 1 N–H and O–H groups in total. The van der Waals surface area contributed by atoms with Crippen LogP contribution in [0.2, 0.25) is 0 Å². The van der Waals surface area contributed by atoms with E-state index < -0.39 is 6.55 Å². The van der Waals surface area contributed by atoms with E-state index in [-0.39, 0.29) is 12.3 Å².